The summed E-state index contributed by atoms with van der Waals surface area (Å²) in [6.07, 6.45) is 5.55. The molecule has 0 aliphatic rings. The van der Waals surface area contributed by atoms with Gasteiger partial charge in [0.2, 0.25) is 11.8 Å². The largest absolute Gasteiger partial charge is 0.395 e. The molecule has 0 aromatic carbocycles. The summed E-state index contributed by atoms with van der Waals surface area (Å²) in [5, 5.41) is 20.2. The molecule has 0 heterocycles. The van der Waals surface area contributed by atoms with Gasteiger partial charge >= 0.3 is 0 Å². The Labute approximate surface area is 114 Å². The Morgan fingerprint density at radius 1 is 1.16 bits per heavy atom. The maximum Gasteiger partial charge on any atom is 0.224 e. The first-order valence-electron chi connectivity index (χ1n) is 6.59. The number of carbonyl (C=O) groups excluding carboxylic acids is 2. The van der Waals surface area contributed by atoms with Crippen LogP contribution in [0.1, 0.15) is 32.6 Å². The average molecular weight is 272 g/mol. The van der Waals surface area contributed by atoms with Crippen LogP contribution in [-0.4, -0.2) is 53.2 Å². The minimum absolute atomic E-state index is 0.0768. The average Bonchev–Trinajstić information content (AvgIpc) is 2.40. The van der Waals surface area contributed by atoms with Gasteiger partial charge < -0.3 is 20.4 Å². The van der Waals surface area contributed by atoms with Crippen LogP contribution >= 0.6 is 0 Å². The number of rotatable bonds is 10. The Hall–Kier alpha value is -1.40. The summed E-state index contributed by atoms with van der Waals surface area (Å²) >= 11 is 0. The zero-order chi connectivity index (χ0) is 14.5. The number of allylic oxidation sites excluding steroid dienone is 1. The molecule has 0 saturated heterocycles. The van der Waals surface area contributed by atoms with Crippen LogP contribution in [0.15, 0.2) is 12.3 Å². The molecule has 0 fully saturated rings. The van der Waals surface area contributed by atoms with Gasteiger partial charge in [0.25, 0.3) is 0 Å². The number of nitrogens with zero attached hydrogens (tertiary/aromatic N) is 1. The van der Waals surface area contributed by atoms with E-state index in [1.54, 1.807) is 6.20 Å². The third kappa shape index (κ3) is 9.21. The lowest BCUT2D eigenvalue weighted by molar-refractivity contribution is -0.134. The second-order valence-corrected chi connectivity index (χ2v) is 4.09. The lowest BCUT2D eigenvalue weighted by atomic mass is 10.2. The van der Waals surface area contributed by atoms with Crippen molar-refractivity contribution in [2.75, 3.05) is 26.3 Å². The van der Waals surface area contributed by atoms with Crippen molar-refractivity contribution >= 4 is 11.8 Å². The van der Waals surface area contributed by atoms with Crippen molar-refractivity contribution in [2.45, 2.75) is 32.6 Å². The zero-order valence-corrected chi connectivity index (χ0v) is 11.5. The highest BCUT2D eigenvalue weighted by Crippen LogP contribution is 1.98. The fraction of sp³-hybridized carbons (Fsp3) is 0.692. The molecule has 3 N–H and O–H groups in total. The molecule has 0 aliphatic carbocycles. The summed E-state index contributed by atoms with van der Waals surface area (Å²) in [4.78, 5) is 24.5. The molecule has 2 amide bonds. The smallest absolute Gasteiger partial charge is 0.224 e. The highest BCUT2D eigenvalue weighted by atomic mass is 16.3. The van der Waals surface area contributed by atoms with Crippen LogP contribution < -0.4 is 5.32 Å². The van der Waals surface area contributed by atoms with E-state index in [4.69, 9.17) is 10.2 Å². The van der Waals surface area contributed by atoms with Crippen LogP contribution in [0.4, 0.5) is 0 Å². The monoisotopic (exact) mass is 272 g/mol. The highest BCUT2D eigenvalue weighted by molar-refractivity contribution is 5.84. The Balaban J connectivity index is 3.95. The Bertz CT molecular complexity index is 286. The van der Waals surface area contributed by atoms with Gasteiger partial charge in [-0.3, -0.25) is 9.59 Å². The van der Waals surface area contributed by atoms with E-state index in [-0.39, 0.29) is 51.0 Å². The summed E-state index contributed by atoms with van der Waals surface area (Å²) in [5.74, 6) is -0.454. The quantitative estimate of drug-likeness (QED) is 0.522. The van der Waals surface area contributed by atoms with Crippen molar-refractivity contribution in [3.63, 3.8) is 0 Å². The van der Waals surface area contributed by atoms with E-state index in [0.717, 1.165) is 12.8 Å². The number of hydrogen-bond donors (Lipinski definition) is 3. The topological polar surface area (TPSA) is 89.9 Å². The van der Waals surface area contributed by atoms with E-state index >= 15 is 0 Å². The first-order valence-corrected chi connectivity index (χ1v) is 6.59. The number of aliphatic hydroxyl groups is 2. The van der Waals surface area contributed by atoms with E-state index in [1.807, 2.05) is 13.0 Å². The van der Waals surface area contributed by atoms with Crippen molar-refractivity contribution < 1.29 is 19.8 Å². The maximum atomic E-state index is 11.7. The van der Waals surface area contributed by atoms with Crippen LogP contribution in [0.5, 0.6) is 0 Å². The van der Waals surface area contributed by atoms with Gasteiger partial charge in [-0.2, -0.15) is 0 Å². The van der Waals surface area contributed by atoms with Gasteiger partial charge in [-0.05, 0) is 12.6 Å². The SMILES string of the molecule is CCCC=CNC(=O)CCC(=O)N(CCO)CCO. The lowest BCUT2D eigenvalue weighted by Crippen LogP contribution is -2.36. The van der Waals surface area contributed by atoms with Crippen LogP contribution in [0.2, 0.25) is 0 Å². The molecule has 19 heavy (non-hydrogen) atoms. The van der Waals surface area contributed by atoms with Crippen molar-refractivity contribution in [1.82, 2.24) is 10.2 Å². The van der Waals surface area contributed by atoms with Crippen LogP contribution in [0, 0.1) is 0 Å². The summed E-state index contributed by atoms with van der Waals surface area (Å²) in [6, 6.07) is 0. The summed E-state index contributed by atoms with van der Waals surface area (Å²) in [6.45, 7) is 2.09. The molecule has 0 unspecified atom stereocenters. The van der Waals surface area contributed by atoms with Crippen molar-refractivity contribution in [1.29, 1.82) is 0 Å². The third-order valence-corrected chi connectivity index (χ3v) is 2.48. The number of unbranched alkanes of at least 4 members (excludes halogenated alkanes) is 1. The molecule has 6 nitrogen and oxygen atoms in total. The standard InChI is InChI=1S/C13H24N2O4/c1-2-3-4-7-14-12(18)5-6-13(19)15(8-10-16)9-11-17/h4,7,16-17H,2-3,5-6,8-11H2,1H3,(H,14,18). The van der Waals surface area contributed by atoms with Gasteiger partial charge in [-0.25, -0.2) is 0 Å². The molecule has 110 valence electrons. The Morgan fingerprint density at radius 2 is 1.79 bits per heavy atom. The molecule has 0 bridgehead atoms. The molecule has 0 aromatic rings. The molecule has 0 aliphatic heterocycles. The summed E-state index contributed by atoms with van der Waals surface area (Å²) < 4.78 is 0. The molecule has 6 heteroatoms. The van der Waals surface area contributed by atoms with Gasteiger partial charge in [0, 0.05) is 25.9 Å². The van der Waals surface area contributed by atoms with Gasteiger partial charge in [-0.1, -0.05) is 19.4 Å². The molecule has 0 aromatic heterocycles. The molecule has 0 atom stereocenters. The van der Waals surface area contributed by atoms with Gasteiger partial charge in [-0.15, -0.1) is 0 Å². The second kappa shape index (κ2) is 11.7. The van der Waals surface area contributed by atoms with Gasteiger partial charge in [0.15, 0.2) is 0 Å². The number of carbonyl (C=O) groups is 2. The second-order valence-electron chi connectivity index (χ2n) is 4.09. The van der Waals surface area contributed by atoms with E-state index in [9.17, 15) is 9.59 Å². The number of hydrogen-bond acceptors (Lipinski definition) is 4. The van der Waals surface area contributed by atoms with Crippen LogP contribution in [-0.2, 0) is 9.59 Å². The highest BCUT2D eigenvalue weighted by Gasteiger charge is 2.13. The van der Waals surface area contributed by atoms with Crippen LogP contribution in [0.3, 0.4) is 0 Å². The molecule has 0 rings (SSSR count). The molecule has 0 radical (unpaired) electrons. The maximum absolute atomic E-state index is 11.7. The zero-order valence-electron chi connectivity index (χ0n) is 11.5. The number of nitrogens with one attached hydrogen (secondary N) is 1. The summed E-state index contributed by atoms with van der Waals surface area (Å²) in [7, 11) is 0. The lowest BCUT2D eigenvalue weighted by Gasteiger charge is -2.20. The molecule has 0 saturated carbocycles. The van der Waals surface area contributed by atoms with Crippen molar-refractivity contribution in [2.24, 2.45) is 0 Å². The van der Waals surface area contributed by atoms with Gasteiger partial charge in [0.1, 0.15) is 0 Å². The predicted octanol–water partition coefficient (Wildman–Crippen LogP) is 0.00980. The fourth-order valence-corrected chi connectivity index (χ4v) is 1.46. The van der Waals surface area contributed by atoms with Crippen molar-refractivity contribution in [3.8, 4) is 0 Å². The Morgan fingerprint density at radius 3 is 2.32 bits per heavy atom. The number of amides is 2. The summed E-state index contributed by atoms with van der Waals surface area (Å²) in [5.41, 5.74) is 0. The number of aliphatic hydroxyl groups excluding tert-OH is 2. The normalized spacial score (nSPS) is 10.7. The fourth-order valence-electron chi connectivity index (χ4n) is 1.46. The molecular weight excluding hydrogens is 248 g/mol. The third-order valence-electron chi connectivity index (χ3n) is 2.48. The molecule has 0 spiro atoms. The van der Waals surface area contributed by atoms with E-state index in [0.29, 0.717) is 0 Å². The minimum Gasteiger partial charge on any atom is -0.395 e. The van der Waals surface area contributed by atoms with E-state index in [1.165, 1.54) is 4.90 Å². The minimum atomic E-state index is -0.240. The van der Waals surface area contributed by atoms with E-state index < -0.39 is 0 Å². The first-order chi connectivity index (χ1) is 9.15. The first kappa shape index (κ1) is 17.6. The van der Waals surface area contributed by atoms with Crippen LogP contribution in [0.25, 0.3) is 0 Å². The predicted molar refractivity (Wildman–Crippen MR) is 72.2 cm³/mol. The van der Waals surface area contributed by atoms with E-state index in [2.05, 4.69) is 5.32 Å². The Kier molecular flexibility index (Phi) is 10.8. The van der Waals surface area contributed by atoms with Gasteiger partial charge in [0.05, 0.1) is 13.2 Å². The van der Waals surface area contributed by atoms with Crippen molar-refractivity contribution in [3.05, 3.63) is 12.3 Å². The molecular formula is C13H24N2O4.